The van der Waals surface area contributed by atoms with Crippen LogP contribution in [-0.2, 0) is 0 Å². The van der Waals surface area contributed by atoms with E-state index in [1.54, 1.807) is 23.0 Å². The van der Waals surface area contributed by atoms with Crippen molar-refractivity contribution in [3.8, 4) is 5.69 Å². The standard InChI is InChI=1S/C19H20N4O2/c1-22(13-14-24)17-9-5-16(6-10-17)21-19(25)15-3-7-18(8-4-15)23-12-2-11-20-23/h2-12,24H,13-14H2,1H3,(H,21,25). The number of nitrogens with one attached hydrogen (secondary N) is 1. The molecule has 0 saturated heterocycles. The van der Waals surface area contributed by atoms with Gasteiger partial charge in [0.05, 0.1) is 12.3 Å². The molecule has 2 N–H and O–H groups in total. The van der Waals surface area contributed by atoms with E-state index in [1.165, 1.54) is 0 Å². The number of aliphatic hydroxyl groups is 1. The van der Waals surface area contributed by atoms with Crippen LogP contribution in [0.3, 0.4) is 0 Å². The van der Waals surface area contributed by atoms with E-state index in [0.29, 0.717) is 12.1 Å². The fourth-order valence-corrected chi connectivity index (χ4v) is 2.47. The van der Waals surface area contributed by atoms with Crippen molar-refractivity contribution < 1.29 is 9.90 Å². The summed E-state index contributed by atoms with van der Waals surface area (Å²) in [5, 5.41) is 16.0. The largest absolute Gasteiger partial charge is 0.395 e. The fraction of sp³-hybridized carbons (Fsp3) is 0.158. The molecule has 0 atom stereocenters. The summed E-state index contributed by atoms with van der Waals surface area (Å²) in [6, 6.07) is 16.6. The summed E-state index contributed by atoms with van der Waals surface area (Å²) in [7, 11) is 1.91. The van der Waals surface area contributed by atoms with E-state index >= 15 is 0 Å². The molecule has 0 aliphatic carbocycles. The lowest BCUT2D eigenvalue weighted by atomic mass is 10.2. The molecule has 6 nitrogen and oxygen atoms in total. The molecule has 0 saturated carbocycles. The molecule has 0 aliphatic rings. The van der Waals surface area contributed by atoms with Crippen LogP contribution in [-0.4, -0.2) is 41.0 Å². The summed E-state index contributed by atoms with van der Waals surface area (Å²) in [6.45, 7) is 0.665. The maximum Gasteiger partial charge on any atom is 0.255 e. The maximum absolute atomic E-state index is 12.4. The second-order valence-corrected chi connectivity index (χ2v) is 5.64. The molecule has 1 aromatic heterocycles. The van der Waals surface area contributed by atoms with Crippen molar-refractivity contribution in [3.05, 3.63) is 72.6 Å². The number of benzene rings is 2. The number of hydrogen-bond donors (Lipinski definition) is 2. The number of carbonyl (C=O) groups excluding carboxylic acids is 1. The zero-order valence-electron chi connectivity index (χ0n) is 14.0. The van der Waals surface area contributed by atoms with Gasteiger partial charge >= 0.3 is 0 Å². The van der Waals surface area contributed by atoms with Crippen molar-refractivity contribution >= 4 is 17.3 Å². The Bertz CT molecular complexity index is 812. The van der Waals surface area contributed by atoms with Crippen LogP contribution in [0.5, 0.6) is 0 Å². The van der Waals surface area contributed by atoms with Crippen LogP contribution in [0.1, 0.15) is 10.4 Å². The van der Waals surface area contributed by atoms with Crippen molar-refractivity contribution in [2.24, 2.45) is 0 Å². The monoisotopic (exact) mass is 336 g/mol. The highest BCUT2D eigenvalue weighted by atomic mass is 16.3. The van der Waals surface area contributed by atoms with Gasteiger partial charge in [0, 0.05) is 42.9 Å². The van der Waals surface area contributed by atoms with Gasteiger partial charge in [-0.15, -0.1) is 0 Å². The third-order valence-electron chi connectivity index (χ3n) is 3.90. The number of nitrogens with zero attached hydrogens (tertiary/aromatic N) is 3. The van der Waals surface area contributed by atoms with E-state index in [9.17, 15) is 4.79 Å². The van der Waals surface area contributed by atoms with Crippen molar-refractivity contribution in [3.63, 3.8) is 0 Å². The van der Waals surface area contributed by atoms with E-state index in [0.717, 1.165) is 17.1 Å². The molecule has 3 aromatic rings. The minimum Gasteiger partial charge on any atom is -0.395 e. The molecule has 0 radical (unpaired) electrons. The first-order valence-electron chi connectivity index (χ1n) is 8.01. The van der Waals surface area contributed by atoms with Gasteiger partial charge in [0.25, 0.3) is 5.91 Å². The topological polar surface area (TPSA) is 70.4 Å². The predicted molar refractivity (Wildman–Crippen MR) is 98.3 cm³/mol. The van der Waals surface area contributed by atoms with Gasteiger partial charge in [0.15, 0.2) is 0 Å². The Balaban J connectivity index is 1.65. The molecule has 3 rings (SSSR count). The summed E-state index contributed by atoms with van der Waals surface area (Å²) < 4.78 is 1.74. The highest BCUT2D eigenvalue weighted by molar-refractivity contribution is 6.04. The number of rotatable bonds is 6. The van der Waals surface area contributed by atoms with Crippen molar-refractivity contribution in [2.75, 3.05) is 30.4 Å². The van der Waals surface area contributed by atoms with E-state index in [2.05, 4.69) is 10.4 Å². The Kier molecular flexibility index (Phi) is 5.11. The van der Waals surface area contributed by atoms with Crippen LogP contribution in [0, 0.1) is 0 Å². The summed E-state index contributed by atoms with van der Waals surface area (Å²) in [5.74, 6) is -0.163. The first kappa shape index (κ1) is 16.7. The van der Waals surface area contributed by atoms with E-state index in [4.69, 9.17) is 5.11 Å². The van der Waals surface area contributed by atoms with Crippen LogP contribution < -0.4 is 10.2 Å². The van der Waals surface area contributed by atoms with E-state index in [1.807, 2.05) is 60.6 Å². The molecule has 2 aromatic carbocycles. The van der Waals surface area contributed by atoms with Gasteiger partial charge in [-0.2, -0.15) is 5.10 Å². The Labute approximate surface area is 146 Å². The molecule has 0 aliphatic heterocycles. The maximum atomic E-state index is 12.4. The Morgan fingerprint density at radius 1 is 1.16 bits per heavy atom. The average molecular weight is 336 g/mol. The summed E-state index contributed by atoms with van der Waals surface area (Å²) >= 11 is 0. The van der Waals surface area contributed by atoms with Crippen molar-refractivity contribution in [2.45, 2.75) is 0 Å². The van der Waals surface area contributed by atoms with Gasteiger partial charge in [-0.05, 0) is 54.6 Å². The van der Waals surface area contributed by atoms with E-state index in [-0.39, 0.29) is 12.5 Å². The molecule has 0 unspecified atom stereocenters. The number of carbonyl (C=O) groups is 1. The minimum atomic E-state index is -0.163. The smallest absolute Gasteiger partial charge is 0.255 e. The summed E-state index contributed by atoms with van der Waals surface area (Å²) in [6.07, 6.45) is 3.56. The van der Waals surface area contributed by atoms with Gasteiger partial charge in [-0.3, -0.25) is 4.79 Å². The average Bonchev–Trinajstić information content (AvgIpc) is 3.17. The van der Waals surface area contributed by atoms with Crippen LogP contribution in [0.15, 0.2) is 67.0 Å². The van der Waals surface area contributed by atoms with Gasteiger partial charge < -0.3 is 15.3 Å². The SMILES string of the molecule is CN(CCO)c1ccc(NC(=O)c2ccc(-n3cccn3)cc2)cc1. The Morgan fingerprint density at radius 3 is 2.48 bits per heavy atom. The summed E-state index contributed by atoms with van der Waals surface area (Å²) in [4.78, 5) is 14.3. The minimum absolute atomic E-state index is 0.101. The molecule has 0 bridgehead atoms. The summed E-state index contributed by atoms with van der Waals surface area (Å²) in [5.41, 5.74) is 3.19. The fourth-order valence-electron chi connectivity index (χ4n) is 2.47. The highest BCUT2D eigenvalue weighted by Crippen LogP contribution is 2.17. The molecular weight excluding hydrogens is 316 g/mol. The van der Waals surface area contributed by atoms with Crippen LogP contribution in [0.2, 0.25) is 0 Å². The van der Waals surface area contributed by atoms with Crippen LogP contribution in [0.25, 0.3) is 5.69 Å². The van der Waals surface area contributed by atoms with Crippen LogP contribution >= 0.6 is 0 Å². The second kappa shape index (κ2) is 7.63. The van der Waals surface area contributed by atoms with Crippen molar-refractivity contribution in [1.29, 1.82) is 0 Å². The number of anilines is 2. The quantitative estimate of drug-likeness (QED) is 0.726. The number of amides is 1. The van der Waals surface area contributed by atoms with Gasteiger partial charge in [-0.1, -0.05) is 0 Å². The Hall–Kier alpha value is -3.12. The molecule has 1 amide bonds. The number of likely N-dealkylation sites (N-methyl/N-ethyl adjacent to an activating group) is 1. The zero-order chi connectivity index (χ0) is 17.6. The molecule has 0 fully saturated rings. The van der Waals surface area contributed by atoms with Gasteiger partial charge in [-0.25, -0.2) is 4.68 Å². The second-order valence-electron chi connectivity index (χ2n) is 5.64. The molecule has 1 heterocycles. The lowest BCUT2D eigenvalue weighted by Crippen LogP contribution is -2.21. The predicted octanol–water partition coefficient (Wildman–Crippen LogP) is 2.55. The molecule has 128 valence electrons. The first-order valence-corrected chi connectivity index (χ1v) is 8.01. The van der Waals surface area contributed by atoms with Crippen molar-refractivity contribution in [1.82, 2.24) is 9.78 Å². The van der Waals surface area contributed by atoms with E-state index < -0.39 is 0 Å². The number of aliphatic hydroxyl groups excluding tert-OH is 1. The number of hydrogen-bond acceptors (Lipinski definition) is 4. The van der Waals surface area contributed by atoms with Gasteiger partial charge in [0.1, 0.15) is 0 Å². The molecule has 25 heavy (non-hydrogen) atoms. The third-order valence-corrected chi connectivity index (χ3v) is 3.90. The lowest BCUT2D eigenvalue weighted by molar-refractivity contribution is 0.102. The first-order chi connectivity index (χ1) is 12.2. The van der Waals surface area contributed by atoms with Gasteiger partial charge in [0.2, 0.25) is 0 Å². The zero-order valence-corrected chi connectivity index (χ0v) is 14.0. The number of aromatic nitrogens is 2. The Morgan fingerprint density at radius 2 is 1.88 bits per heavy atom. The van der Waals surface area contributed by atoms with Crippen LogP contribution in [0.4, 0.5) is 11.4 Å². The molecule has 0 spiro atoms. The lowest BCUT2D eigenvalue weighted by Gasteiger charge is -2.18. The molecular formula is C19H20N4O2. The third kappa shape index (κ3) is 4.05. The highest BCUT2D eigenvalue weighted by Gasteiger charge is 2.07. The normalized spacial score (nSPS) is 10.5. The molecule has 6 heteroatoms.